The number of rotatable bonds is 6. The van der Waals surface area contributed by atoms with E-state index < -0.39 is 47.1 Å². The van der Waals surface area contributed by atoms with Crippen LogP contribution in [0.3, 0.4) is 0 Å². The van der Waals surface area contributed by atoms with Gasteiger partial charge in [0, 0.05) is 0 Å². The maximum Gasteiger partial charge on any atom is 0.417 e. The summed E-state index contributed by atoms with van der Waals surface area (Å²) in [5, 5.41) is 10.7. The van der Waals surface area contributed by atoms with Gasteiger partial charge in [-0.25, -0.2) is 9.59 Å². The zero-order valence-electron chi connectivity index (χ0n) is 14.3. The Bertz CT molecular complexity index is 658. The molecule has 26 heavy (non-hydrogen) atoms. The van der Waals surface area contributed by atoms with Gasteiger partial charge in [0.15, 0.2) is 6.04 Å². The smallest absolute Gasteiger partial charge is 0.417 e. The molecule has 0 aliphatic carbocycles. The Morgan fingerprint density at radius 1 is 1.27 bits per heavy atom. The van der Waals surface area contributed by atoms with Crippen molar-refractivity contribution >= 4 is 23.7 Å². The maximum atomic E-state index is 12.8. The topological polar surface area (TPSA) is 84.9 Å². The molecule has 2 N–H and O–H groups in total. The number of nitrogens with one attached hydrogen (secondary N) is 1. The van der Waals surface area contributed by atoms with Gasteiger partial charge < -0.3 is 19.9 Å². The summed E-state index contributed by atoms with van der Waals surface area (Å²) in [4.78, 5) is 22.8. The van der Waals surface area contributed by atoms with Gasteiger partial charge in [0.1, 0.15) is 5.60 Å². The highest BCUT2D eigenvalue weighted by Gasteiger charge is 2.33. The van der Waals surface area contributed by atoms with Crippen molar-refractivity contribution in [3.05, 3.63) is 34.3 Å². The van der Waals surface area contributed by atoms with Gasteiger partial charge in [-0.2, -0.15) is 13.2 Å². The van der Waals surface area contributed by atoms with Crippen molar-refractivity contribution in [3.63, 3.8) is 0 Å². The van der Waals surface area contributed by atoms with E-state index in [0.717, 1.165) is 6.07 Å². The molecule has 0 radical (unpaired) electrons. The number of aliphatic carboxylic acids is 1. The van der Waals surface area contributed by atoms with Crippen molar-refractivity contribution in [2.45, 2.75) is 45.2 Å². The first kappa shape index (κ1) is 22.0. The maximum absolute atomic E-state index is 12.8. The van der Waals surface area contributed by atoms with E-state index in [9.17, 15) is 22.8 Å². The number of carboxylic acid groups (broad SMARTS) is 1. The van der Waals surface area contributed by atoms with Gasteiger partial charge in [-0.05, 0) is 32.4 Å². The van der Waals surface area contributed by atoms with Crippen LogP contribution >= 0.6 is 11.6 Å². The summed E-state index contributed by atoms with van der Waals surface area (Å²) in [5.74, 6) is -1.38. The lowest BCUT2D eigenvalue weighted by molar-refractivity contribution is -0.141. The number of benzene rings is 1. The Hall–Kier alpha value is -2.00. The number of carboxylic acids is 1. The van der Waals surface area contributed by atoms with Gasteiger partial charge in [0.05, 0.1) is 23.8 Å². The first-order chi connectivity index (χ1) is 11.8. The molecule has 0 aliphatic rings. The zero-order valence-corrected chi connectivity index (χ0v) is 15.1. The van der Waals surface area contributed by atoms with Crippen LogP contribution in [-0.2, 0) is 27.1 Å². The standard InChI is InChI=1S/C16H19ClF3NO5/c1-15(2,3)26-14(24)21-11(13(22)23)8-25-7-9-5-4-6-10(12(9)17)16(18,19)20/h4-6,11H,7-8H2,1-3H3,(H,21,24)(H,22,23). The first-order valence-corrected chi connectivity index (χ1v) is 7.83. The average Bonchev–Trinajstić information content (AvgIpc) is 2.44. The number of carbonyl (C=O) groups is 2. The van der Waals surface area contributed by atoms with E-state index >= 15 is 0 Å². The molecule has 1 amide bonds. The van der Waals surface area contributed by atoms with Crippen LogP contribution < -0.4 is 5.32 Å². The molecule has 6 nitrogen and oxygen atoms in total. The molecular formula is C16H19ClF3NO5. The fraction of sp³-hybridized carbons (Fsp3) is 0.500. The first-order valence-electron chi connectivity index (χ1n) is 7.46. The molecule has 1 unspecified atom stereocenters. The predicted molar refractivity (Wildman–Crippen MR) is 86.9 cm³/mol. The molecule has 10 heteroatoms. The van der Waals surface area contributed by atoms with E-state index in [0.29, 0.717) is 0 Å². The number of alkyl carbamates (subject to hydrolysis) is 1. The Morgan fingerprint density at radius 2 is 1.88 bits per heavy atom. The van der Waals surface area contributed by atoms with Crippen molar-refractivity contribution in [1.82, 2.24) is 5.32 Å². The molecule has 1 rings (SSSR count). The van der Waals surface area contributed by atoms with Gasteiger partial charge in [-0.1, -0.05) is 23.7 Å². The van der Waals surface area contributed by atoms with E-state index in [4.69, 9.17) is 26.2 Å². The largest absolute Gasteiger partial charge is 0.480 e. The molecule has 0 spiro atoms. The van der Waals surface area contributed by atoms with Crippen molar-refractivity contribution in [2.24, 2.45) is 0 Å². The van der Waals surface area contributed by atoms with E-state index in [1.165, 1.54) is 12.1 Å². The Labute approximate surface area is 153 Å². The highest BCUT2D eigenvalue weighted by Crippen LogP contribution is 2.36. The second kappa shape index (κ2) is 8.59. The molecule has 0 fully saturated rings. The summed E-state index contributed by atoms with van der Waals surface area (Å²) in [7, 11) is 0. The molecule has 1 aromatic rings. The molecule has 0 aromatic heterocycles. The minimum Gasteiger partial charge on any atom is -0.480 e. The van der Waals surface area contributed by atoms with Gasteiger partial charge in [-0.3, -0.25) is 0 Å². The van der Waals surface area contributed by atoms with Crippen molar-refractivity contribution in [1.29, 1.82) is 0 Å². The van der Waals surface area contributed by atoms with Crippen LogP contribution in [0.2, 0.25) is 5.02 Å². The summed E-state index contributed by atoms with van der Waals surface area (Å²) in [6, 6.07) is 1.89. The van der Waals surface area contributed by atoms with Crippen LogP contribution in [0.25, 0.3) is 0 Å². The number of amides is 1. The highest BCUT2D eigenvalue weighted by atomic mass is 35.5. The molecule has 0 bridgehead atoms. The third kappa shape index (κ3) is 7.09. The summed E-state index contributed by atoms with van der Waals surface area (Å²) in [6.45, 7) is 3.97. The lowest BCUT2D eigenvalue weighted by Gasteiger charge is -2.22. The fourth-order valence-corrected chi connectivity index (χ4v) is 2.11. The van der Waals surface area contributed by atoms with Crippen LogP contribution in [0.1, 0.15) is 31.9 Å². The van der Waals surface area contributed by atoms with Crippen molar-refractivity contribution in [3.8, 4) is 0 Å². The molecule has 0 saturated heterocycles. The van der Waals surface area contributed by atoms with Crippen molar-refractivity contribution in [2.75, 3.05) is 6.61 Å². The molecule has 0 aliphatic heterocycles. The van der Waals surface area contributed by atoms with Crippen LogP contribution in [0.5, 0.6) is 0 Å². The van der Waals surface area contributed by atoms with Crippen LogP contribution in [0.15, 0.2) is 18.2 Å². The monoisotopic (exact) mass is 397 g/mol. The number of ether oxygens (including phenoxy) is 2. The van der Waals surface area contributed by atoms with E-state index in [1.54, 1.807) is 20.8 Å². The molecular weight excluding hydrogens is 379 g/mol. The summed E-state index contributed by atoms with van der Waals surface area (Å²) in [5.41, 5.74) is -1.79. The van der Waals surface area contributed by atoms with Gasteiger partial charge in [-0.15, -0.1) is 0 Å². The Kier molecular flexibility index (Phi) is 7.28. The van der Waals surface area contributed by atoms with Crippen LogP contribution in [-0.4, -0.2) is 35.4 Å². The third-order valence-corrected chi connectivity index (χ3v) is 3.36. The summed E-state index contributed by atoms with van der Waals surface area (Å²) < 4.78 is 48.5. The average molecular weight is 398 g/mol. The van der Waals surface area contributed by atoms with E-state index in [2.05, 4.69) is 5.32 Å². The van der Waals surface area contributed by atoms with E-state index in [-0.39, 0.29) is 12.2 Å². The molecule has 0 saturated carbocycles. The lowest BCUT2D eigenvalue weighted by Crippen LogP contribution is -2.46. The van der Waals surface area contributed by atoms with E-state index in [1.807, 2.05) is 0 Å². The quantitative estimate of drug-likeness (QED) is 0.761. The fourth-order valence-electron chi connectivity index (χ4n) is 1.82. The minimum absolute atomic E-state index is 0.0444. The minimum atomic E-state index is -4.62. The van der Waals surface area contributed by atoms with Gasteiger partial charge in [0.25, 0.3) is 0 Å². The summed E-state index contributed by atoms with van der Waals surface area (Å²) >= 11 is 5.72. The van der Waals surface area contributed by atoms with Gasteiger partial charge >= 0.3 is 18.2 Å². The van der Waals surface area contributed by atoms with Crippen LogP contribution in [0.4, 0.5) is 18.0 Å². The number of carbonyl (C=O) groups excluding carboxylic acids is 1. The molecule has 1 aromatic carbocycles. The number of hydrogen-bond donors (Lipinski definition) is 2. The molecule has 1 atom stereocenters. The third-order valence-electron chi connectivity index (χ3n) is 2.92. The van der Waals surface area contributed by atoms with Crippen LogP contribution in [0, 0.1) is 0 Å². The Morgan fingerprint density at radius 3 is 2.38 bits per heavy atom. The SMILES string of the molecule is CC(C)(C)OC(=O)NC(COCc1cccc(C(F)(F)F)c1Cl)C(=O)O. The second-order valence-electron chi connectivity index (χ2n) is 6.33. The van der Waals surface area contributed by atoms with Crippen molar-refractivity contribution < 1.29 is 37.3 Å². The number of hydrogen-bond acceptors (Lipinski definition) is 4. The summed E-state index contributed by atoms with van der Waals surface area (Å²) in [6.07, 6.45) is -5.57. The zero-order chi connectivity index (χ0) is 20.1. The normalized spacial score (nSPS) is 13.2. The predicted octanol–water partition coefficient (Wildman–Crippen LogP) is 3.85. The lowest BCUT2D eigenvalue weighted by atomic mass is 10.1. The number of halogens is 4. The molecule has 0 heterocycles. The Balaban J connectivity index is 2.69. The van der Waals surface area contributed by atoms with Gasteiger partial charge in [0.2, 0.25) is 0 Å². The number of alkyl halides is 3. The second-order valence-corrected chi connectivity index (χ2v) is 6.71. The highest BCUT2D eigenvalue weighted by molar-refractivity contribution is 6.32. The molecule has 146 valence electrons.